The van der Waals surface area contributed by atoms with Crippen molar-refractivity contribution < 1.29 is 22.7 Å². The minimum Gasteiger partial charge on any atom is -0.497 e. The van der Waals surface area contributed by atoms with Gasteiger partial charge in [-0.25, -0.2) is 13.4 Å². The number of benzene rings is 2. The van der Waals surface area contributed by atoms with E-state index in [1.807, 2.05) is 25.1 Å². The number of fused-ring (bicyclic) bond motifs is 1. The minimum atomic E-state index is -3.85. The second-order valence-corrected chi connectivity index (χ2v) is 12.6. The number of aromatic nitrogens is 1. The van der Waals surface area contributed by atoms with Crippen LogP contribution in [0.5, 0.6) is 5.75 Å². The highest BCUT2D eigenvalue weighted by Gasteiger charge is 2.42. The summed E-state index contributed by atoms with van der Waals surface area (Å²) in [4.78, 5) is 23.2. The summed E-state index contributed by atoms with van der Waals surface area (Å²) in [6, 6.07) is 11.6. The van der Waals surface area contributed by atoms with E-state index in [9.17, 15) is 13.2 Å². The van der Waals surface area contributed by atoms with Gasteiger partial charge < -0.3 is 9.47 Å². The van der Waals surface area contributed by atoms with Crippen LogP contribution in [0.15, 0.2) is 47.4 Å². The van der Waals surface area contributed by atoms with Crippen LogP contribution in [-0.4, -0.2) is 87.6 Å². The monoisotopic (exact) mass is 558 g/mol. The average Bonchev–Trinajstić information content (AvgIpc) is 3.60. The lowest BCUT2D eigenvalue weighted by molar-refractivity contribution is -0.121. The summed E-state index contributed by atoms with van der Waals surface area (Å²) in [6.45, 7) is 6.84. The Bertz CT molecular complexity index is 1370. The molecule has 204 valence electrons. The zero-order valence-corrected chi connectivity index (χ0v) is 23.5. The number of sulfonamides is 1. The molecule has 11 heteroatoms. The first-order valence-electron chi connectivity index (χ1n) is 13.0. The summed E-state index contributed by atoms with van der Waals surface area (Å²) in [7, 11) is -2.31. The zero-order chi connectivity index (χ0) is 26.7. The number of ether oxygens (including phenoxy) is 2. The first-order valence-corrected chi connectivity index (χ1v) is 15.3. The number of thiazole rings is 1. The second-order valence-electron chi connectivity index (χ2n) is 9.66. The van der Waals surface area contributed by atoms with E-state index in [0.717, 1.165) is 55.0 Å². The van der Waals surface area contributed by atoms with Crippen LogP contribution in [-0.2, 0) is 19.6 Å². The average molecular weight is 559 g/mol. The van der Waals surface area contributed by atoms with Gasteiger partial charge in [-0.15, -0.1) is 0 Å². The van der Waals surface area contributed by atoms with Crippen LogP contribution in [0, 0.1) is 6.92 Å². The van der Waals surface area contributed by atoms with E-state index in [1.165, 1.54) is 34.9 Å². The fourth-order valence-electron chi connectivity index (χ4n) is 5.10. The highest BCUT2D eigenvalue weighted by atomic mass is 32.2. The Hall–Kier alpha value is -2.57. The van der Waals surface area contributed by atoms with E-state index < -0.39 is 16.1 Å². The molecule has 2 fully saturated rings. The second kappa shape index (κ2) is 11.7. The molecule has 3 heterocycles. The van der Waals surface area contributed by atoms with Crippen molar-refractivity contribution in [1.29, 1.82) is 0 Å². The molecule has 2 aliphatic rings. The Labute approximate surface area is 228 Å². The van der Waals surface area contributed by atoms with Crippen LogP contribution in [0.25, 0.3) is 10.2 Å². The van der Waals surface area contributed by atoms with Gasteiger partial charge in [-0.05, 0) is 62.1 Å². The Kier molecular flexibility index (Phi) is 8.29. The number of para-hydroxylation sites is 1. The fourth-order valence-corrected chi connectivity index (χ4v) is 7.83. The maximum Gasteiger partial charge on any atom is 0.247 e. The number of nitrogens with zero attached hydrogens (tertiary/aromatic N) is 4. The van der Waals surface area contributed by atoms with Gasteiger partial charge in [0, 0.05) is 32.7 Å². The highest BCUT2D eigenvalue weighted by Crippen LogP contribution is 2.34. The predicted molar refractivity (Wildman–Crippen MR) is 148 cm³/mol. The molecule has 0 saturated carbocycles. The van der Waals surface area contributed by atoms with Crippen LogP contribution >= 0.6 is 11.3 Å². The lowest BCUT2D eigenvalue weighted by Crippen LogP contribution is -2.48. The molecule has 2 saturated heterocycles. The van der Waals surface area contributed by atoms with Gasteiger partial charge in [0.2, 0.25) is 15.9 Å². The molecule has 2 aliphatic heterocycles. The van der Waals surface area contributed by atoms with Gasteiger partial charge in [0.15, 0.2) is 5.13 Å². The van der Waals surface area contributed by atoms with E-state index in [2.05, 4.69) is 4.90 Å². The summed E-state index contributed by atoms with van der Waals surface area (Å²) in [6.07, 6.45) is 1.88. The molecule has 1 aromatic heterocycles. The first-order chi connectivity index (χ1) is 18.4. The number of hydrogen-bond donors (Lipinski definition) is 0. The molecule has 0 aliphatic carbocycles. The normalized spacial score (nSPS) is 19.2. The topological polar surface area (TPSA) is 92.3 Å². The molecule has 2 aromatic carbocycles. The molecule has 0 spiro atoms. The summed E-state index contributed by atoms with van der Waals surface area (Å²) in [5, 5.41) is 0.620. The van der Waals surface area contributed by atoms with Crippen LogP contribution in [0.4, 0.5) is 5.13 Å². The summed E-state index contributed by atoms with van der Waals surface area (Å²) in [5.41, 5.74) is 1.93. The molecule has 3 aromatic rings. The molecule has 0 radical (unpaired) electrons. The summed E-state index contributed by atoms with van der Waals surface area (Å²) < 4.78 is 40.2. The van der Waals surface area contributed by atoms with Gasteiger partial charge in [0.1, 0.15) is 11.8 Å². The largest absolute Gasteiger partial charge is 0.497 e. The van der Waals surface area contributed by atoms with Crippen LogP contribution in [0.3, 0.4) is 0 Å². The quantitative estimate of drug-likeness (QED) is 0.397. The number of carbonyl (C=O) groups is 1. The van der Waals surface area contributed by atoms with Gasteiger partial charge in [0.05, 0.1) is 35.4 Å². The Morgan fingerprint density at radius 3 is 2.63 bits per heavy atom. The third-order valence-electron chi connectivity index (χ3n) is 7.22. The maximum atomic E-state index is 14.1. The van der Waals surface area contributed by atoms with Crippen molar-refractivity contribution in [2.24, 2.45) is 0 Å². The number of anilines is 1. The molecule has 9 nitrogen and oxygen atoms in total. The highest BCUT2D eigenvalue weighted by molar-refractivity contribution is 7.89. The molecular formula is C27H34N4O5S2. The van der Waals surface area contributed by atoms with E-state index in [1.54, 1.807) is 17.0 Å². The molecule has 0 bridgehead atoms. The number of carbonyl (C=O) groups excluding carboxylic acids is 1. The molecule has 38 heavy (non-hydrogen) atoms. The Morgan fingerprint density at radius 2 is 1.92 bits per heavy atom. The van der Waals surface area contributed by atoms with Gasteiger partial charge in [-0.2, -0.15) is 4.31 Å². The van der Waals surface area contributed by atoms with Gasteiger partial charge in [0.25, 0.3) is 0 Å². The number of hydrogen-bond acceptors (Lipinski definition) is 8. The van der Waals surface area contributed by atoms with E-state index >= 15 is 0 Å². The summed E-state index contributed by atoms with van der Waals surface area (Å²) in [5.74, 6) is 0.369. The Balaban J connectivity index is 1.41. The van der Waals surface area contributed by atoms with Gasteiger partial charge >= 0.3 is 0 Å². The van der Waals surface area contributed by atoms with Crippen molar-refractivity contribution in [2.45, 2.75) is 37.1 Å². The molecule has 1 amide bonds. The molecule has 1 atom stereocenters. The SMILES string of the molecule is COc1ccc(S(=O)(=O)N2CCCC2C(=O)N(CCCN2CCOCC2)c2nc3c(C)cccc3s2)cc1. The third-order valence-corrected chi connectivity index (χ3v) is 10.2. The number of methoxy groups -OCH3 is 1. The first kappa shape index (κ1) is 27.0. The Morgan fingerprint density at radius 1 is 1.16 bits per heavy atom. The van der Waals surface area contributed by atoms with Crippen LogP contribution in [0.2, 0.25) is 0 Å². The van der Waals surface area contributed by atoms with Crippen molar-refractivity contribution in [1.82, 2.24) is 14.2 Å². The van der Waals surface area contributed by atoms with Gasteiger partial charge in [-0.3, -0.25) is 14.6 Å². The van der Waals surface area contributed by atoms with Crippen molar-refractivity contribution >= 4 is 42.6 Å². The third kappa shape index (κ3) is 5.57. The standard InChI is InChI=1S/C27H34N4O5S2/c1-20-6-3-8-24-25(20)28-27(37-24)30(14-5-13-29-16-18-36-19-17-29)26(32)23-7-4-15-31(23)38(33,34)22-11-9-21(35-2)10-12-22/h3,6,8-12,23H,4-5,7,13-19H2,1-2H3. The van der Waals surface area contributed by atoms with Gasteiger partial charge in [-0.1, -0.05) is 23.5 Å². The number of morpholine rings is 1. The van der Waals surface area contributed by atoms with Crippen LogP contribution in [0.1, 0.15) is 24.8 Å². The predicted octanol–water partition coefficient (Wildman–Crippen LogP) is 3.52. The van der Waals surface area contributed by atoms with E-state index in [-0.39, 0.29) is 10.8 Å². The van der Waals surface area contributed by atoms with E-state index in [0.29, 0.717) is 36.8 Å². The number of rotatable bonds is 9. The van der Waals surface area contributed by atoms with Crippen molar-refractivity contribution in [3.63, 3.8) is 0 Å². The summed E-state index contributed by atoms with van der Waals surface area (Å²) >= 11 is 1.48. The van der Waals surface area contributed by atoms with Crippen molar-refractivity contribution in [3.8, 4) is 5.75 Å². The maximum absolute atomic E-state index is 14.1. The lowest BCUT2D eigenvalue weighted by Gasteiger charge is -2.30. The van der Waals surface area contributed by atoms with Crippen LogP contribution < -0.4 is 9.64 Å². The molecule has 5 rings (SSSR count). The number of aryl methyl sites for hydroxylation is 1. The van der Waals surface area contributed by atoms with E-state index in [4.69, 9.17) is 14.5 Å². The zero-order valence-electron chi connectivity index (χ0n) is 21.8. The smallest absolute Gasteiger partial charge is 0.247 e. The molecular weight excluding hydrogens is 524 g/mol. The van der Waals surface area contributed by atoms with Crippen molar-refractivity contribution in [3.05, 3.63) is 48.0 Å². The molecule has 0 N–H and O–H groups in total. The van der Waals surface area contributed by atoms with Crippen molar-refractivity contribution in [2.75, 3.05) is 57.9 Å². The fraction of sp³-hybridized carbons (Fsp3) is 0.481. The minimum absolute atomic E-state index is 0.160. The lowest BCUT2D eigenvalue weighted by atomic mass is 10.2. The molecule has 1 unspecified atom stereocenters. The number of amides is 1.